The van der Waals surface area contributed by atoms with E-state index in [1.54, 1.807) is 30.3 Å². The second kappa shape index (κ2) is 6.41. The highest BCUT2D eigenvalue weighted by molar-refractivity contribution is 7.93. The standard InChI is InChI=1S/C20H20N2O5S/c1-27-17-6-3-4-7-18(17)28(2,26)21-13-10-15-14(16(11-13)22(24)25)12-19(23)20(15)8-5-9-20/h3-4,6-7,10-11H,5,8-9,12H2,1-2H3. The van der Waals surface area contributed by atoms with Crippen molar-refractivity contribution in [1.29, 1.82) is 0 Å². The topological polar surface area (TPSA) is 98.9 Å². The zero-order chi connectivity index (χ0) is 20.1. The molecule has 28 heavy (non-hydrogen) atoms. The first kappa shape index (κ1) is 18.6. The number of carbonyl (C=O) groups excluding carboxylic acids is 1. The minimum absolute atomic E-state index is 0.0379. The van der Waals surface area contributed by atoms with Gasteiger partial charge < -0.3 is 4.74 Å². The summed E-state index contributed by atoms with van der Waals surface area (Å²) in [6.45, 7) is 0. The summed E-state index contributed by atoms with van der Waals surface area (Å²) in [7, 11) is -1.43. The SMILES string of the molecule is COc1ccccc1S(C)(=O)=Nc1cc([N+](=O)[O-])c2c(c1)C1(CCC1)C(=O)C2. The van der Waals surface area contributed by atoms with Gasteiger partial charge in [0.25, 0.3) is 5.69 Å². The van der Waals surface area contributed by atoms with Crippen LogP contribution in [-0.2, 0) is 26.4 Å². The average Bonchev–Trinajstić information content (AvgIpc) is 2.92. The molecule has 146 valence electrons. The summed E-state index contributed by atoms with van der Waals surface area (Å²) in [5.41, 5.74) is 0.680. The van der Waals surface area contributed by atoms with Crippen LogP contribution in [0.4, 0.5) is 11.4 Å². The van der Waals surface area contributed by atoms with Crippen molar-refractivity contribution in [2.75, 3.05) is 13.4 Å². The predicted octanol–water partition coefficient (Wildman–Crippen LogP) is 3.94. The molecule has 4 rings (SSSR count). The van der Waals surface area contributed by atoms with Gasteiger partial charge in [0.1, 0.15) is 11.5 Å². The molecule has 2 aliphatic rings. The van der Waals surface area contributed by atoms with Crippen LogP contribution in [0.3, 0.4) is 0 Å². The number of para-hydroxylation sites is 1. The van der Waals surface area contributed by atoms with E-state index in [4.69, 9.17) is 4.74 Å². The summed E-state index contributed by atoms with van der Waals surface area (Å²) in [5, 5.41) is 11.6. The maximum atomic E-state index is 13.3. The molecule has 1 saturated carbocycles. The number of fused-ring (bicyclic) bond motifs is 2. The lowest BCUT2D eigenvalue weighted by atomic mass is 9.64. The molecule has 1 unspecified atom stereocenters. The van der Waals surface area contributed by atoms with Gasteiger partial charge in [-0.2, -0.15) is 4.36 Å². The van der Waals surface area contributed by atoms with Crippen LogP contribution in [0.1, 0.15) is 30.4 Å². The second-order valence-electron chi connectivity index (χ2n) is 7.33. The molecular weight excluding hydrogens is 380 g/mol. The maximum absolute atomic E-state index is 13.3. The number of hydrogen-bond donors (Lipinski definition) is 0. The van der Waals surface area contributed by atoms with E-state index in [1.165, 1.54) is 19.4 Å². The molecule has 1 spiro atoms. The van der Waals surface area contributed by atoms with Crippen molar-refractivity contribution in [3.8, 4) is 5.75 Å². The van der Waals surface area contributed by atoms with E-state index in [2.05, 4.69) is 4.36 Å². The van der Waals surface area contributed by atoms with E-state index in [-0.39, 0.29) is 23.6 Å². The van der Waals surface area contributed by atoms with Crippen LogP contribution < -0.4 is 4.74 Å². The lowest BCUT2D eigenvalue weighted by molar-refractivity contribution is -0.385. The fraction of sp³-hybridized carbons (Fsp3) is 0.350. The zero-order valence-corrected chi connectivity index (χ0v) is 16.5. The monoisotopic (exact) mass is 400 g/mol. The van der Waals surface area contributed by atoms with Crippen LogP contribution in [0.5, 0.6) is 5.75 Å². The Kier molecular flexibility index (Phi) is 4.26. The van der Waals surface area contributed by atoms with E-state index in [0.717, 1.165) is 6.42 Å². The fourth-order valence-electron chi connectivity index (χ4n) is 4.21. The molecule has 2 aliphatic carbocycles. The minimum atomic E-state index is -2.91. The molecule has 0 N–H and O–H groups in total. The Bertz CT molecular complexity index is 1130. The predicted molar refractivity (Wildman–Crippen MR) is 105 cm³/mol. The van der Waals surface area contributed by atoms with Gasteiger partial charge in [0.2, 0.25) is 0 Å². The number of Topliss-reactive ketones (excluding diaryl/α,β-unsaturated/α-hetero) is 1. The molecule has 7 nitrogen and oxygen atoms in total. The van der Waals surface area contributed by atoms with Crippen LogP contribution >= 0.6 is 0 Å². The molecular formula is C20H20N2O5S. The Labute approximate surface area is 163 Å². The third-order valence-corrected chi connectivity index (χ3v) is 7.47. The van der Waals surface area contributed by atoms with Crippen molar-refractivity contribution in [1.82, 2.24) is 0 Å². The Hall–Kier alpha value is -2.74. The number of carbonyl (C=O) groups is 1. The van der Waals surface area contributed by atoms with E-state index >= 15 is 0 Å². The molecule has 1 fully saturated rings. The smallest absolute Gasteiger partial charge is 0.275 e. The van der Waals surface area contributed by atoms with Gasteiger partial charge in [0, 0.05) is 24.3 Å². The molecule has 0 aromatic heterocycles. The van der Waals surface area contributed by atoms with Gasteiger partial charge in [0.15, 0.2) is 0 Å². The highest BCUT2D eigenvalue weighted by atomic mass is 32.2. The molecule has 0 bridgehead atoms. The molecule has 0 saturated heterocycles. The Morgan fingerprint density at radius 1 is 1.25 bits per heavy atom. The van der Waals surface area contributed by atoms with Crippen molar-refractivity contribution < 1.29 is 18.7 Å². The first-order valence-electron chi connectivity index (χ1n) is 8.99. The number of benzene rings is 2. The lowest BCUT2D eigenvalue weighted by Gasteiger charge is -2.37. The normalized spacial score (nSPS) is 18.9. The summed E-state index contributed by atoms with van der Waals surface area (Å²) in [6, 6.07) is 9.91. The molecule has 1 atom stereocenters. The third-order valence-electron chi connectivity index (χ3n) is 5.76. The van der Waals surface area contributed by atoms with Gasteiger partial charge in [-0.25, -0.2) is 4.21 Å². The summed E-state index contributed by atoms with van der Waals surface area (Å²) in [5.74, 6) is 0.482. The van der Waals surface area contributed by atoms with Crippen molar-refractivity contribution in [3.05, 3.63) is 57.6 Å². The van der Waals surface area contributed by atoms with Crippen LogP contribution in [0.15, 0.2) is 45.7 Å². The largest absolute Gasteiger partial charge is 0.495 e. The highest BCUT2D eigenvalue weighted by Crippen LogP contribution is 2.53. The van der Waals surface area contributed by atoms with Crippen molar-refractivity contribution in [2.45, 2.75) is 36.0 Å². The molecule has 0 radical (unpaired) electrons. The number of hydrogen-bond acceptors (Lipinski definition) is 6. The maximum Gasteiger partial charge on any atom is 0.275 e. The number of ketones is 1. The summed E-state index contributed by atoms with van der Waals surface area (Å²) in [6.07, 6.45) is 3.89. The average molecular weight is 400 g/mol. The molecule has 0 aliphatic heterocycles. The van der Waals surface area contributed by atoms with E-state index in [9.17, 15) is 19.1 Å². The van der Waals surface area contributed by atoms with Crippen LogP contribution in [0, 0.1) is 10.1 Å². The van der Waals surface area contributed by atoms with Crippen molar-refractivity contribution in [2.24, 2.45) is 4.36 Å². The van der Waals surface area contributed by atoms with E-state index in [1.807, 2.05) is 0 Å². The van der Waals surface area contributed by atoms with Gasteiger partial charge >= 0.3 is 0 Å². The van der Waals surface area contributed by atoms with Crippen molar-refractivity contribution in [3.63, 3.8) is 0 Å². The van der Waals surface area contributed by atoms with E-state index in [0.29, 0.717) is 34.6 Å². The number of nitro groups is 1. The summed E-state index contributed by atoms with van der Waals surface area (Å²) < 4.78 is 23.0. The summed E-state index contributed by atoms with van der Waals surface area (Å²) in [4.78, 5) is 24.2. The number of methoxy groups -OCH3 is 1. The number of ether oxygens (including phenoxy) is 1. The fourth-order valence-corrected chi connectivity index (χ4v) is 5.67. The quantitative estimate of drug-likeness (QED) is 0.572. The number of rotatable bonds is 4. The molecule has 8 heteroatoms. The highest BCUT2D eigenvalue weighted by Gasteiger charge is 2.52. The van der Waals surface area contributed by atoms with Crippen LogP contribution in [-0.4, -0.2) is 28.3 Å². The van der Waals surface area contributed by atoms with Gasteiger partial charge in [-0.05, 0) is 36.6 Å². The molecule has 2 aromatic carbocycles. The lowest BCUT2D eigenvalue weighted by Crippen LogP contribution is -2.39. The number of nitro benzene ring substituents is 1. The van der Waals surface area contributed by atoms with Gasteiger partial charge in [-0.15, -0.1) is 0 Å². The van der Waals surface area contributed by atoms with E-state index < -0.39 is 20.1 Å². The van der Waals surface area contributed by atoms with Crippen LogP contribution in [0.2, 0.25) is 0 Å². The Morgan fingerprint density at radius 2 is 1.96 bits per heavy atom. The Balaban J connectivity index is 1.91. The number of nitrogens with zero attached hydrogens (tertiary/aromatic N) is 2. The zero-order valence-electron chi connectivity index (χ0n) is 15.6. The Morgan fingerprint density at radius 3 is 2.57 bits per heavy atom. The summed E-state index contributed by atoms with van der Waals surface area (Å²) >= 11 is 0. The molecule has 2 aromatic rings. The minimum Gasteiger partial charge on any atom is -0.495 e. The molecule has 0 heterocycles. The third kappa shape index (κ3) is 2.71. The first-order chi connectivity index (χ1) is 13.3. The second-order valence-corrected chi connectivity index (χ2v) is 9.56. The molecule has 0 amide bonds. The van der Waals surface area contributed by atoms with Gasteiger partial charge in [-0.1, -0.05) is 18.6 Å². The van der Waals surface area contributed by atoms with Gasteiger partial charge in [-0.3, -0.25) is 14.9 Å². The van der Waals surface area contributed by atoms with Gasteiger partial charge in [0.05, 0.1) is 37.8 Å². The van der Waals surface area contributed by atoms with Crippen LogP contribution in [0.25, 0.3) is 0 Å². The van der Waals surface area contributed by atoms with Crippen molar-refractivity contribution >= 4 is 26.9 Å². The first-order valence-corrected chi connectivity index (χ1v) is 10.9.